The van der Waals surface area contributed by atoms with Gasteiger partial charge in [-0.05, 0) is 47.6 Å². The molecule has 0 fully saturated rings. The number of rotatable bonds is 8. The number of aromatic nitrogens is 1. The smallest absolute Gasteiger partial charge is 0.325 e. The minimum atomic E-state index is -0.368. The van der Waals surface area contributed by atoms with Crippen LogP contribution in [0.2, 0.25) is 0 Å². The van der Waals surface area contributed by atoms with Crippen LogP contribution >= 0.6 is 11.3 Å². The Labute approximate surface area is 187 Å². The molecule has 0 unspecified atom stereocenters. The number of thiazole rings is 1. The first-order valence-electron chi connectivity index (χ1n) is 10.8. The van der Waals surface area contributed by atoms with Gasteiger partial charge in [-0.1, -0.05) is 68.9 Å². The lowest BCUT2D eigenvalue weighted by Crippen LogP contribution is -2.22. The average Bonchev–Trinajstić information content (AvgIpc) is 3.08. The van der Waals surface area contributed by atoms with Crippen molar-refractivity contribution in [3.05, 3.63) is 64.0 Å². The van der Waals surface area contributed by atoms with Crippen LogP contribution < -0.4 is 4.80 Å². The largest absolute Gasteiger partial charge is 0.468 e. The Balaban J connectivity index is 1.93. The molecule has 5 nitrogen and oxygen atoms in total. The van der Waals surface area contributed by atoms with E-state index in [1.807, 2.05) is 18.2 Å². The SMILES string of the molecule is CCCCc1ccc2c(c1)sc(=NC(=O)Cc1ccc(C(C)C)cc1)n2CC(=O)OC. The second-order valence-electron chi connectivity index (χ2n) is 8.03. The van der Waals surface area contributed by atoms with Crippen molar-refractivity contribution >= 4 is 33.4 Å². The highest BCUT2D eigenvalue weighted by Crippen LogP contribution is 2.21. The molecule has 1 aromatic heterocycles. The van der Waals surface area contributed by atoms with Crippen LogP contribution in [-0.2, 0) is 33.7 Å². The summed E-state index contributed by atoms with van der Waals surface area (Å²) < 4.78 is 7.65. The van der Waals surface area contributed by atoms with Crippen molar-refractivity contribution in [2.45, 2.75) is 58.9 Å². The number of hydrogen-bond acceptors (Lipinski definition) is 4. The predicted molar refractivity (Wildman–Crippen MR) is 125 cm³/mol. The van der Waals surface area contributed by atoms with Crippen molar-refractivity contribution < 1.29 is 14.3 Å². The fraction of sp³-hybridized carbons (Fsp3) is 0.400. The number of hydrogen-bond donors (Lipinski definition) is 0. The Morgan fingerprint density at radius 3 is 2.45 bits per heavy atom. The van der Waals surface area contributed by atoms with Gasteiger partial charge in [0.05, 0.1) is 23.7 Å². The van der Waals surface area contributed by atoms with Crippen molar-refractivity contribution in [3.8, 4) is 0 Å². The lowest BCUT2D eigenvalue weighted by Gasteiger charge is -2.06. The van der Waals surface area contributed by atoms with E-state index in [0.29, 0.717) is 10.7 Å². The summed E-state index contributed by atoms with van der Waals surface area (Å²) in [6, 6.07) is 14.3. The van der Waals surface area contributed by atoms with Gasteiger partial charge >= 0.3 is 5.97 Å². The van der Waals surface area contributed by atoms with E-state index in [1.54, 1.807) is 4.57 Å². The van der Waals surface area contributed by atoms with Gasteiger partial charge in [0.15, 0.2) is 4.80 Å². The highest BCUT2D eigenvalue weighted by atomic mass is 32.1. The van der Waals surface area contributed by atoms with Gasteiger partial charge in [-0.3, -0.25) is 9.59 Å². The highest BCUT2D eigenvalue weighted by molar-refractivity contribution is 7.16. The molecule has 0 spiro atoms. The number of benzene rings is 2. The molecule has 6 heteroatoms. The topological polar surface area (TPSA) is 60.7 Å². The molecular formula is C25H30N2O3S. The van der Waals surface area contributed by atoms with Gasteiger partial charge in [0.2, 0.25) is 0 Å². The number of ether oxygens (including phenoxy) is 1. The molecule has 0 radical (unpaired) electrons. The van der Waals surface area contributed by atoms with Crippen LogP contribution in [0.4, 0.5) is 0 Å². The maximum atomic E-state index is 12.7. The molecule has 0 N–H and O–H groups in total. The summed E-state index contributed by atoms with van der Waals surface area (Å²) in [6.07, 6.45) is 3.51. The van der Waals surface area contributed by atoms with E-state index in [4.69, 9.17) is 4.74 Å². The van der Waals surface area contributed by atoms with Crippen LogP contribution in [0, 0.1) is 0 Å². The number of nitrogens with zero attached hydrogens (tertiary/aromatic N) is 2. The van der Waals surface area contributed by atoms with E-state index in [-0.39, 0.29) is 24.8 Å². The van der Waals surface area contributed by atoms with E-state index in [0.717, 1.165) is 35.0 Å². The zero-order valence-corrected chi connectivity index (χ0v) is 19.5. The van der Waals surface area contributed by atoms with Crippen molar-refractivity contribution in [1.82, 2.24) is 4.57 Å². The average molecular weight is 439 g/mol. The maximum absolute atomic E-state index is 12.7. The number of esters is 1. The first kappa shape index (κ1) is 22.9. The summed E-state index contributed by atoms with van der Waals surface area (Å²) in [5.41, 5.74) is 4.32. The Morgan fingerprint density at radius 2 is 1.81 bits per heavy atom. The molecule has 164 valence electrons. The molecule has 2 aromatic carbocycles. The van der Waals surface area contributed by atoms with E-state index in [1.165, 1.54) is 29.6 Å². The Hall–Kier alpha value is -2.73. The number of aryl methyl sites for hydroxylation is 1. The zero-order valence-electron chi connectivity index (χ0n) is 18.7. The molecule has 0 aliphatic heterocycles. The molecule has 3 aromatic rings. The summed E-state index contributed by atoms with van der Waals surface area (Å²) in [6.45, 7) is 6.49. The minimum absolute atomic E-state index is 0.0278. The van der Waals surface area contributed by atoms with Crippen LogP contribution in [-0.4, -0.2) is 23.6 Å². The molecule has 0 aliphatic rings. The predicted octanol–water partition coefficient (Wildman–Crippen LogP) is 5.01. The van der Waals surface area contributed by atoms with Crippen LogP contribution in [0.15, 0.2) is 47.5 Å². The molecule has 1 amide bonds. The molecule has 0 aliphatic carbocycles. The molecule has 31 heavy (non-hydrogen) atoms. The second kappa shape index (κ2) is 10.5. The summed E-state index contributed by atoms with van der Waals surface area (Å²) in [5.74, 6) is -0.144. The lowest BCUT2D eigenvalue weighted by atomic mass is 10.0. The molecule has 1 heterocycles. The third-order valence-electron chi connectivity index (χ3n) is 5.30. The normalized spacial score (nSPS) is 12.0. The summed E-state index contributed by atoms with van der Waals surface area (Å²) >= 11 is 1.44. The third kappa shape index (κ3) is 5.91. The molecule has 3 rings (SSSR count). The number of unbranched alkanes of at least 4 members (excludes halogenated alkanes) is 1. The maximum Gasteiger partial charge on any atom is 0.325 e. The third-order valence-corrected chi connectivity index (χ3v) is 6.34. The lowest BCUT2D eigenvalue weighted by molar-refractivity contribution is -0.141. The second-order valence-corrected chi connectivity index (χ2v) is 9.04. The standard InChI is InChI=1S/C25H30N2O3S/c1-5-6-7-18-10-13-21-22(14-18)31-25(27(21)16-24(29)30-4)26-23(28)15-19-8-11-20(12-9-19)17(2)3/h8-14,17H,5-7,15-16H2,1-4H3. The molecule has 0 saturated carbocycles. The van der Waals surface area contributed by atoms with Gasteiger partial charge < -0.3 is 9.30 Å². The number of fused-ring (bicyclic) bond motifs is 1. The van der Waals surface area contributed by atoms with Crippen LogP contribution in [0.3, 0.4) is 0 Å². The van der Waals surface area contributed by atoms with Crippen molar-refractivity contribution in [2.24, 2.45) is 4.99 Å². The number of amides is 1. The van der Waals surface area contributed by atoms with Gasteiger partial charge in [-0.15, -0.1) is 0 Å². The van der Waals surface area contributed by atoms with Gasteiger partial charge in [0, 0.05) is 0 Å². The number of carbonyl (C=O) groups excluding carboxylic acids is 2. The van der Waals surface area contributed by atoms with Crippen LogP contribution in [0.25, 0.3) is 10.2 Å². The van der Waals surface area contributed by atoms with Gasteiger partial charge in [-0.2, -0.15) is 4.99 Å². The van der Waals surface area contributed by atoms with Gasteiger partial charge in [0.25, 0.3) is 5.91 Å². The van der Waals surface area contributed by atoms with Crippen LogP contribution in [0.1, 0.15) is 56.2 Å². The Kier molecular flexibility index (Phi) is 7.80. The first-order valence-corrected chi connectivity index (χ1v) is 11.6. The van der Waals surface area contributed by atoms with Crippen LogP contribution in [0.5, 0.6) is 0 Å². The summed E-state index contributed by atoms with van der Waals surface area (Å²) in [5, 5.41) is 0. The van der Waals surface area contributed by atoms with Crippen molar-refractivity contribution in [2.75, 3.05) is 7.11 Å². The summed E-state index contributed by atoms with van der Waals surface area (Å²) in [4.78, 5) is 29.6. The summed E-state index contributed by atoms with van der Waals surface area (Å²) in [7, 11) is 1.36. The fourth-order valence-electron chi connectivity index (χ4n) is 3.43. The van der Waals surface area contributed by atoms with E-state index in [2.05, 4.69) is 50.0 Å². The molecule has 0 bridgehead atoms. The van der Waals surface area contributed by atoms with Crippen molar-refractivity contribution in [3.63, 3.8) is 0 Å². The Bertz CT molecular complexity index is 1120. The number of carbonyl (C=O) groups is 2. The fourth-order valence-corrected chi connectivity index (χ4v) is 4.54. The van der Waals surface area contributed by atoms with E-state index < -0.39 is 0 Å². The zero-order chi connectivity index (χ0) is 22.4. The monoisotopic (exact) mass is 438 g/mol. The van der Waals surface area contributed by atoms with E-state index >= 15 is 0 Å². The molecule has 0 atom stereocenters. The Morgan fingerprint density at radius 1 is 1.10 bits per heavy atom. The van der Waals surface area contributed by atoms with Gasteiger partial charge in [-0.25, -0.2) is 0 Å². The minimum Gasteiger partial charge on any atom is -0.468 e. The van der Waals surface area contributed by atoms with E-state index in [9.17, 15) is 9.59 Å². The first-order chi connectivity index (χ1) is 14.9. The molecule has 0 saturated heterocycles. The highest BCUT2D eigenvalue weighted by Gasteiger charge is 2.13. The van der Waals surface area contributed by atoms with Gasteiger partial charge in [0.1, 0.15) is 6.54 Å². The molecular weight excluding hydrogens is 408 g/mol. The van der Waals surface area contributed by atoms with Crippen molar-refractivity contribution in [1.29, 1.82) is 0 Å². The quantitative estimate of drug-likeness (QED) is 0.464. The number of methoxy groups -OCH3 is 1.